The van der Waals surface area contributed by atoms with E-state index >= 15 is 0 Å². The van der Waals surface area contributed by atoms with Crippen LogP contribution in [0.2, 0.25) is 0 Å². The van der Waals surface area contributed by atoms with Crippen LogP contribution in [-0.2, 0) is 17.8 Å². The zero-order valence-electron chi connectivity index (χ0n) is 15.4. The minimum Gasteiger partial charge on any atom is -0.491 e. The number of benzene rings is 1. The van der Waals surface area contributed by atoms with E-state index in [4.69, 9.17) is 9.26 Å². The van der Waals surface area contributed by atoms with Gasteiger partial charge in [0.05, 0.1) is 18.3 Å². The van der Waals surface area contributed by atoms with E-state index in [0.717, 1.165) is 23.6 Å². The van der Waals surface area contributed by atoms with E-state index in [-0.39, 0.29) is 12.0 Å². The molecule has 2 rings (SSSR count). The van der Waals surface area contributed by atoms with Gasteiger partial charge in [0.25, 0.3) is 0 Å². The van der Waals surface area contributed by atoms with Gasteiger partial charge < -0.3 is 14.6 Å². The SMILES string of the molecule is Cc1cc(CN(C)CC(=O)NCCc2ccc(OC(C)C)cc2)no1. The van der Waals surface area contributed by atoms with Crippen LogP contribution in [0.1, 0.15) is 30.9 Å². The molecule has 0 aliphatic carbocycles. The van der Waals surface area contributed by atoms with Crippen molar-refractivity contribution in [2.24, 2.45) is 0 Å². The van der Waals surface area contributed by atoms with Crippen molar-refractivity contribution < 1.29 is 14.1 Å². The molecule has 1 N–H and O–H groups in total. The first kappa shape index (κ1) is 19.0. The number of likely N-dealkylation sites (N-methyl/N-ethyl adjacent to an activating group) is 1. The molecule has 1 amide bonds. The third-order valence-corrected chi connectivity index (χ3v) is 3.55. The minimum atomic E-state index is 0.00229. The molecule has 0 spiro atoms. The topological polar surface area (TPSA) is 67.6 Å². The van der Waals surface area contributed by atoms with Gasteiger partial charge in [-0.2, -0.15) is 0 Å². The molecule has 0 aliphatic rings. The maximum absolute atomic E-state index is 12.0. The number of ether oxygens (including phenoxy) is 1. The summed E-state index contributed by atoms with van der Waals surface area (Å²) < 4.78 is 10.6. The Morgan fingerprint density at radius 2 is 2.04 bits per heavy atom. The lowest BCUT2D eigenvalue weighted by atomic mass is 10.1. The van der Waals surface area contributed by atoms with Gasteiger partial charge in [-0.05, 0) is 51.9 Å². The summed E-state index contributed by atoms with van der Waals surface area (Å²) >= 11 is 0. The fourth-order valence-corrected chi connectivity index (χ4v) is 2.48. The lowest BCUT2D eigenvalue weighted by molar-refractivity contribution is -0.122. The second-order valence-electron chi connectivity index (χ2n) is 6.51. The molecule has 136 valence electrons. The standard InChI is InChI=1S/C19H27N3O3/c1-14(2)24-18-7-5-16(6-8-18)9-10-20-19(23)13-22(4)12-17-11-15(3)25-21-17/h5-8,11,14H,9-10,12-13H2,1-4H3,(H,20,23). The van der Waals surface area contributed by atoms with Gasteiger partial charge in [0, 0.05) is 19.2 Å². The molecule has 0 aliphatic heterocycles. The number of aryl methyl sites for hydroxylation is 1. The third kappa shape index (κ3) is 6.97. The summed E-state index contributed by atoms with van der Waals surface area (Å²) in [6.45, 7) is 7.38. The van der Waals surface area contributed by atoms with Crippen molar-refractivity contribution in [1.82, 2.24) is 15.4 Å². The Morgan fingerprint density at radius 1 is 1.32 bits per heavy atom. The number of carbonyl (C=O) groups is 1. The second kappa shape index (κ2) is 9.22. The molecule has 1 aromatic carbocycles. The number of amides is 1. The number of hydrogen-bond acceptors (Lipinski definition) is 5. The van der Waals surface area contributed by atoms with Gasteiger partial charge in [0.2, 0.25) is 5.91 Å². The predicted octanol–water partition coefficient (Wildman–Crippen LogP) is 2.56. The van der Waals surface area contributed by atoms with Crippen molar-refractivity contribution in [3.63, 3.8) is 0 Å². The quantitative estimate of drug-likeness (QED) is 0.756. The molecule has 0 fully saturated rings. The van der Waals surface area contributed by atoms with Crippen LogP contribution in [-0.4, -0.2) is 42.2 Å². The maximum Gasteiger partial charge on any atom is 0.234 e. The largest absolute Gasteiger partial charge is 0.491 e. The predicted molar refractivity (Wildman–Crippen MR) is 96.5 cm³/mol. The Morgan fingerprint density at radius 3 is 2.64 bits per heavy atom. The zero-order chi connectivity index (χ0) is 18.2. The Balaban J connectivity index is 1.67. The van der Waals surface area contributed by atoms with Crippen LogP contribution in [0.4, 0.5) is 0 Å². The van der Waals surface area contributed by atoms with E-state index in [1.165, 1.54) is 5.56 Å². The summed E-state index contributed by atoms with van der Waals surface area (Å²) in [5, 5.41) is 6.88. The van der Waals surface area contributed by atoms with Crippen LogP contribution in [0.5, 0.6) is 5.75 Å². The highest BCUT2D eigenvalue weighted by Crippen LogP contribution is 2.14. The van der Waals surface area contributed by atoms with Crippen molar-refractivity contribution in [1.29, 1.82) is 0 Å². The van der Waals surface area contributed by atoms with Gasteiger partial charge in [-0.25, -0.2) is 0 Å². The molecule has 0 saturated carbocycles. The molecule has 1 heterocycles. The first-order valence-electron chi connectivity index (χ1n) is 8.55. The number of nitrogens with zero attached hydrogens (tertiary/aromatic N) is 2. The molecule has 0 unspecified atom stereocenters. The summed E-state index contributed by atoms with van der Waals surface area (Å²) in [4.78, 5) is 13.9. The Bertz CT molecular complexity index is 665. The fourth-order valence-electron chi connectivity index (χ4n) is 2.48. The van der Waals surface area contributed by atoms with Gasteiger partial charge in [-0.3, -0.25) is 9.69 Å². The van der Waals surface area contributed by atoms with E-state index in [9.17, 15) is 4.79 Å². The second-order valence-corrected chi connectivity index (χ2v) is 6.51. The van der Waals surface area contributed by atoms with Gasteiger partial charge >= 0.3 is 0 Å². The minimum absolute atomic E-state index is 0.00229. The van der Waals surface area contributed by atoms with E-state index in [0.29, 0.717) is 19.6 Å². The summed E-state index contributed by atoms with van der Waals surface area (Å²) in [5.41, 5.74) is 2.00. The van der Waals surface area contributed by atoms with Crippen LogP contribution in [0.3, 0.4) is 0 Å². The van der Waals surface area contributed by atoms with Crippen LogP contribution >= 0.6 is 0 Å². The highest BCUT2D eigenvalue weighted by atomic mass is 16.5. The van der Waals surface area contributed by atoms with Crippen LogP contribution in [0, 0.1) is 6.92 Å². The van der Waals surface area contributed by atoms with E-state index in [2.05, 4.69) is 10.5 Å². The highest BCUT2D eigenvalue weighted by Gasteiger charge is 2.09. The lowest BCUT2D eigenvalue weighted by Gasteiger charge is -2.14. The summed E-state index contributed by atoms with van der Waals surface area (Å²) in [5.74, 6) is 1.65. The number of hydrogen-bond donors (Lipinski definition) is 1. The average Bonchev–Trinajstić information content (AvgIpc) is 2.93. The van der Waals surface area contributed by atoms with Gasteiger partial charge in [-0.15, -0.1) is 0 Å². The number of rotatable bonds is 9. The monoisotopic (exact) mass is 345 g/mol. The van der Waals surface area contributed by atoms with Gasteiger partial charge in [-0.1, -0.05) is 17.3 Å². The van der Waals surface area contributed by atoms with E-state index < -0.39 is 0 Å². The Kier molecular flexibility index (Phi) is 7.01. The average molecular weight is 345 g/mol. The van der Waals surface area contributed by atoms with Crippen molar-refractivity contribution >= 4 is 5.91 Å². The Hall–Kier alpha value is -2.34. The molecule has 25 heavy (non-hydrogen) atoms. The van der Waals surface area contributed by atoms with Crippen LogP contribution in [0.15, 0.2) is 34.9 Å². The van der Waals surface area contributed by atoms with Crippen LogP contribution in [0.25, 0.3) is 0 Å². The molecular formula is C19H27N3O3. The van der Waals surface area contributed by atoms with Crippen molar-refractivity contribution in [2.45, 2.75) is 39.8 Å². The summed E-state index contributed by atoms with van der Waals surface area (Å²) in [6.07, 6.45) is 0.961. The molecule has 2 aromatic rings. The molecular weight excluding hydrogens is 318 g/mol. The number of aromatic nitrogens is 1. The van der Waals surface area contributed by atoms with Crippen molar-refractivity contribution in [3.8, 4) is 5.75 Å². The zero-order valence-corrected chi connectivity index (χ0v) is 15.4. The molecule has 6 nitrogen and oxygen atoms in total. The van der Waals surface area contributed by atoms with E-state index in [1.807, 2.05) is 63.1 Å². The Labute approximate surface area is 149 Å². The first-order chi connectivity index (χ1) is 11.9. The fraction of sp³-hybridized carbons (Fsp3) is 0.474. The highest BCUT2D eigenvalue weighted by molar-refractivity contribution is 5.77. The molecule has 0 atom stereocenters. The normalized spacial score (nSPS) is 11.1. The first-order valence-corrected chi connectivity index (χ1v) is 8.55. The molecule has 6 heteroatoms. The maximum atomic E-state index is 12.0. The van der Waals surface area contributed by atoms with Gasteiger partial charge in [0.1, 0.15) is 11.5 Å². The van der Waals surface area contributed by atoms with Gasteiger partial charge in [0.15, 0.2) is 0 Å². The van der Waals surface area contributed by atoms with Crippen LogP contribution < -0.4 is 10.1 Å². The summed E-state index contributed by atoms with van der Waals surface area (Å²) in [7, 11) is 1.89. The number of carbonyl (C=O) groups excluding carboxylic acids is 1. The third-order valence-electron chi connectivity index (χ3n) is 3.55. The van der Waals surface area contributed by atoms with Crippen molar-refractivity contribution in [2.75, 3.05) is 20.1 Å². The van der Waals surface area contributed by atoms with E-state index in [1.54, 1.807) is 0 Å². The molecule has 0 bridgehead atoms. The molecule has 0 radical (unpaired) electrons. The summed E-state index contributed by atoms with van der Waals surface area (Å²) in [6, 6.07) is 9.86. The van der Waals surface area contributed by atoms with Crippen molar-refractivity contribution in [3.05, 3.63) is 47.3 Å². The molecule has 0 saturated heterocycles. The smallest absolute Gasteiger partial charge is 0.234 e. The number of nitrogens with one attached hydrogen (secondary N) is 1. The lowest BCUT2D eigenvalue weighted by Crippen LogP contribution is -2.35. The molecule has 1 aromatic heterocycles.